The van der Waals surface area contributed by atoms with Gasteiger partial charge in [0, 0.05) is 10.1 Å². The summed E-state index contributed by atoms with van der Waals surface area (Å²) >= 11 is 1.82. The van der Waals surface area contributed by atoms with Gasteiger partial charge in [-0.3, -0.25) is 4.79 Å². The number of rotatable bonds is 6. The summed E-state index contributed by atoms with van der Waals surface area (Å²) in [5.41, 5.74) is 1.02. The predicted molar refractivity (Wildman–Crippen MR) is 81.7 cm³/mol. The highest BCUT2D eigenvalue weighted by Crippen LogP contribution is 2.22. The molecule has 0 atom stereocenters. The largest absolute Gasteiger partial charge is 0.467 e. The van der Waals surface area contributed by atoms with Crippen LogP contribution in [0.2, 0.25) is 0 Å². The third kappa shape index (κ3) is 4.78. The van der Waals surface area contributed by atoms with Gasteiger partial charge in [0.1, 0.15) is 5.76 Å². The minimum atomic E-state index is 0.00524. The summed E-state index contributed by atoms with van der Waals surface area (Å²) in [5, 5.41) is 3.41. The van der Waals surface area contributed by atoms with Crippen molar-refractivity contribution in [2.24, 2.45) is 0 Å². The number of furan rings is 1. The third-order valence-corrected chi connectivity index (χ3v) is 3.72. The van der Waals surface area contributed by atoms with E-state index in [1.54, 1.807) is 6.26 Å². The highest BCUT2D eigenvalue weighted by Gasteiger charge is 2.05. The fraction of sp³-hybridized carbons (Fsp3) is 0.312. The normalized spacial score (nSPS) is 10.8. The number of carbonyl (C=O) groups is 1. The average Bonchev–Trinajstić information content (AvgIpc) is 2.91. The van der Waals surface area contributed by atoms with E-state index in [0.717, 1.165) is 11.3 Å². The van der Waals surface area contributed by atoms with Crippen LogP contribution >= 0.6 is 11.8 Å². The van der Waals surface area contributed by atoms with Crippen LogP contribution in [0.4, 0.5) is 0 Å². The van der Waals surface area contributed by atoms with Crippen molar-refractivity contribution in [3.8, 4) is 0 Å². The van der Waals surface area contributed by atoms with Crippen molar-refractivity contribution in [1.29, 1.82) is 0 Å². The van der Waals surface area contributed by atoms with Crippen molar-refractivity contribution in [3.05, 3.63) is 54.0 Å². The second kappa shape index (κ2) is 7.20. The van der Waals surface area contributed by atoms with Crippen molar-refractivity contribution in [2.45, 2.75) is 37.0 Å². The number of hydrogen-bond acceptors (Lipinski definition) is 3. The summed E-state index contributed by atoms with van der Waals surface area (Å²) in [7, 11) is 0. The molecule has 4 heteroatoms. The molecule has 0 saturated carbocycles. The topological polar surface area (TPSA) is 42.2 Å². The first-order valence-corrected chi connectivity index (χ1v) is 7.56. The molecule has 0 saturated heterocycles. The van der Waals surface area contributed by atoms with Crippen LogP contribution in [0.5, 0.6) is 0 Å². The van der Waals surface area contributed by atoms with Crippen molar-refractivity contribution in [3.63, 3.8) is 0 Å². The van der Waals surface area contributed by atoms with Gasteiger partial charge in [-0.1, -0.05) is 26.0 Å². The number of hydrogen-bond donors (Lipinski definition) is 1. The van der Waals surface area contributed by atoms with Crippen LogP contribution < -0.4 is 5.32 Å². The number of thioether (sulfide) groups is 1. The molecule has 0 bridgehead atoms. The Morgan fingerprint density at radius 2 is 2.00 bits per heavy atom. The Kier molecular flexibility index (Phi) is 5.30. The number of benzene rings is 1. The zero-order valence-corrected chi connectivity index (χ0v) is 12.6. The molecule has 1 aromatic carbocycles. The van der Waals surface area contributed by atoms with E-state index in [4.69, 9.17) is 4.42 Å². The summed E-state index contributed by atoms with van der Waals surface area (Å²) in [5.74, 6) is 0.771. The van der Waals surface area contributed by atoms with Crippen LogP contribution in [0.1, 0.15) is 25.2 Å². The van der Waals surface area contributed by atoms with Gasteiger partial charge in [-0.15, -0.1) is 11.8 Å². The van der Waals surface area contributed by atoms with Crippen molar-refractivity contribution >= 4 is 17.7 Å². The van der Waals surface area contributed by atoms with Gasteiger partial charge in [-0.25, -0.2) is 0 Å². The minimum Gasteiger partial charge on any atom is -0.467 e. The molecule has 0 unspecified atom stereocenters. The summed E-state index contributed by atoms with van der Waals surface area (Å²) in [4.78, 5) is 13.0. The van der Waals surface area contributed by atoms with Crippen LogP contribution in [-0.4, -0.2) is 11.2 Å². The van der Waals surface area contributed by atoms with Gasteiger partial charge in [0.2, 0.25) is 5.91 Å². The first-order chi connectivity index (χ1) is 9.63. The van der Waals surface area contributed by atoms with Crippen LogP contribution in [0.3, 0.4) is 0 Å². The molecule has 1 N–H and O–H groups in total. The van der Waals surface area contributed by atoms with Crippen LogP contribution in [0, 0.1) is 0 Å². The second-order valence-electron chi connectivity index (χ2n) is 4.84. The van der Waals surface area contributed by atoms with Gasteiger partial charge in [0.25, 0.3) is 0 Å². The molecule has 1 aromatic heterocycles. The van der Waals surface area contributed by atoms with Crippen molar-refractivity contribution in [2.75, 3.05) is 0 Å². The lowest BCUT2D eigenvalue weighted by Crippen LogP contribution is -2.24. The van der Waals surface area contributed by atoms with Crippen molar-refractivity contribution < 1.29 is 9.21 Å². The molecule has 1 amide bonds. The second-order valence-corrected chi connectivity index (χ2v) is 6.49. The predicted octanol–water partition coefficient (Wildman–Crippen LogP) is 3.64. The molecule has 0 radical (unpaired) electrons. The summed E-state index contributed by atoms with van der Waals surface area (Å²) in [6, 6.07) is 11.8. The zero-order valence-electron chi connectivity index (χ0n) is 11.8. The standard InChI is InChI=1S/C16H19NO2S/c1-12(2)20-15-7-5-13(6-8-15)10-16(18)17-11-14-4-3-9-19-14/h3-9,12H,10-11H2,1-2H3,(H,17,18). The number of amides is 1. The van der Waals surface area contributed by atoms with Gasteiger partial charge in [-0.05, 0) is 29.8 Å². The van der Waals surface area contributed by atoms with E-state index >= 15 is 0 Å². The smallest absolute Gasteiger partial charge is 0.224 e. The summed E-state index contributed by atoms with van der Waals surface area (Å²) in [6.07, 6.45) is 2.00. The van der Waals surface area contributed by atoms with Gasteiger partial charge in [0.15, 0.2) is 0 Å². The average molecular weight is 289 g/mol. The molecule has 0 aliphatic heterocycles. The first kappa shape index (κ1) is 14.7. The molecule has 0 aliphatic carbocycles. The minimum absolute atomic E-state index is 0.00524. The zero-order chi connectivity index (χ0) is 14.4. The molecule has 1 heterocycles. The molecular weight excluding hydrogens is 270 g/mol. The Labute approximate surface area is 123 Å². The van der Waals surface area contributed by atoms with E-state index in [1.807, 2.05) is 36.0 Å². The molecule has 0 fully saturated rings. The quantitative estimate of drug-likeness (QED) is 0.826. The lowest BCUT2D eigenvalue weighted by molar-refractivity contribution is -0.120. The molecule has 3 nitrogen and oxygen atoms in total. The molecule has 106 valence electrons. The Morgan fingerprint density at radius 3 is 2.60 bits per heavy atom. The molecule has 20 heavy (non-hydrogen) atoms. The number of nitrogens with one attached hydrogen (secondary N) is 1. The molecular formula is C16H19NO2S. The highest BCUT2D eigenvalue weighted by molar-refractivity contribution is 7.99. The fourth-order valence-corrected chi connectivity index (χ4v) is 2.64. The van der Waals surface area contributed by atoms with E-state index in [9.17, 15) is 4.79 Å². The first-order valence-electron chi connectivity index (χ1n) is 6.68. The van der Waals surface area contributed by atoms with E-state index in [2.05, 4.69) is 31.3 Å². The lowest BCUT2D eigenvalue weighted by Gasteiger charge is -2.07. The Morgan fingerprint density at radius 1 is 1.25 bits per heavy atom. The Balaban J connectivity index is 1.81. The SMILES string of the molecule is CC(C)Sc1ccc(CC(=O)NCc2ccco2)cc1. The summed E-state index contributed by atoms with van der Waals surface area (Å²) in [6.45, 7) is 4.77. The van der Waals surface area contributed by atoms with Gasteiger partial charge in [0.05, 0.1) is 19.2 Å². The van der Waals surface area contributed by atoms with Gasteiger partial charge >= 0.3 is 0 Å². The maximum atomic E-state index is 11.8. The van der Waals surface area contributed by atoms with E-state index in [1.165, 1.54) is 4.90 Å². The Hall–Kier alpha value is -1.68. The maximum absolute atomic E-state index is 11.8. The fourth-order valence-electron chi connectivity index (χ4n) is 1.80. The van der Waals surface area contributed by atoms with Crippen LogP contribution in [0.15, 0.2) is 52.0 Å². The van der Waals surface area contributed by atoms with E-state index < -0.39 is 0 Å². The van der Waals surface area contributed by atoms with Gasteiger partial charge < -0.3 is 9.73 Å². The molecule has 2 rings (SSSR count). The van der Waals surface area contributed by atoms with E-state index in [0.29, 0.717) is 18.2 Å². The Bertz CT molecular complexity index is 532. The monoisotopic (exact) mass is 289 g/mol. The molecule has 2 aromatic rings. The lowest BCUT2D eigenvalue weighted by atomic mass is 10.1. The molecule has 0 spiro atoms. The van der Waals surface area contributed by atoms with Crippen LogP contribution in [-0.2, 0) is 17.8 Å². The van der Waals surface area contributed by atoms with Crippen LogP contribution in [0.25, 0.3) is 0 Å². The highest BCUT2D eigenvalue weighted by atomic mass is 32.2. The molecule has 0 aliphatic rings. The van der Waals surface area contributed by atoms with Gasteiger partial charge in [-0.2, -0.15) is 0 Å². The third-order valence-electron chi connectivity index (χ3n) is 2.70. The van der Waals surface area contributed by atoms with Crippen molar-refractivity contribution in [1.82, 2.24) is 5.32 Å². The van der Waals surface area contributed by atoms with E-state index in [-0.39, 0.29) is 5.91 Å². The number of carbonyl (C=O) groups excluding carboxylic acids is 1. The summed E-state index contributed by atoms with van der Waals surface area (Å²) < 4.78 is 5.17. The maximum Gasteiger partial charge on any atom is 0.224 e.